The maximum Gasteiger partial charge on any atom is 0.416 e. The van der Waals surface area contributed by atoms with Crippen LogP contribution in [0.1, 0.15) is 5.56 Å². The summed E-state index contributed by atoms with van der Waals surface area (Å²) in [6, 6.07) is 17.1. The van der Waals surface area contributed by atoms with Gasteiger partial charge in [-0.15, -0.1) is 34.5 Å². The molecule has 3 aromatic rings. The zero-order valence-corrected chi connectivity index (χ0v) is 12.9. The first-order chi connectivity index (χ1) is 9.04. The van der Waals surface area contributed by atoms with Gasteiger partial charge in [0, 0.05) is 26.2 Å². The predicted molar refractivity (Wildman–Crippen MR) is 70.0 cm³/mol. The van der Waals surface area contributed by atoms with Crippen molar-refractivity contribution in [3.05, 3.63) is 66.2 Å². The van der Waals surface area contributed by atoms with Crippen LogP contribution in [0.3, 0.4) is 0 Å². The summed E-state index contributed by atoms with van der Waals surface area (Å²) in [6.07, 6.45) is -4.28. The quantitative estimate of drug-likeness (QED) is 0.526. The normalized spacial score (nSPS) is 11.3. The predicted octanol–water partition coefficient (Wildman–Crippen LogP) is 5.24. The third kappa shape index (κ3) is 2.91. The second kappa shape index (κ2) is 5.61. The van der Waals surface area contributed by atoms with Crippen molar-refractivity contribution >= 4 is 10.8 Å². The van der Waals surface area contributed by atoms with E-state index in [0.29, 0.717) is 0 Å². The Morgan fingerprint density at radius 2 is 1.50 bits per heavy atom. The molecule has 0 saturated carbocycles. The molecule has 4 heteroatoms. The topological polar surface area (TPSA) is 0 Å². The van der Waals surface area contributed by atoms with Gasteiger partial charge < -0.3 is 0 Å². The Balaban J connectivity index is 0.00000147. The summed E-state index contributed by atoms with van der Waals surface area (Å²) in [5, 5.41) is 2.19. The Labute approximate surface area is 133 Å². The summed E-state index contributed by atoms with van der Waals surface area (Å²) in [7, 11) is 0. The number of alkyl halides is 3. The van der Waals surface area contributed by atoms with Crippen LogP contribution in [0.5, 0.6) is 0 Å². The van der Waals surface area contributed by atoms with Crippen LogP contribution in [0, 0.1) is 0 Å². The van der Waals surface area contributed by atoms with Crippen molar-refractivity contribution in [1.29, 1.82) is 0 Å². The molecule has 0 aliphatic rings. The third-order valence-corrected chi connectivity index (χ3v) is 3.16. The van der Waals surface area contributed by atoms with Gasteiger partial charge >= 0.3 is 6.18 Å². The van der Waals surface area contributed by atoms with Crippen LogP contribution in [0.4, 0.5) is 13.2 Å². The maximum absolute atomic E-state index is 12.5. The number of hydrogen-bond donors (Lipinski definition) is 0. The van der Waals surface area contributed by atoms with Gasteiger partial charge in [0.2, 0.25) is 0 Å². The molecule has 0 aromatic heterocycles. The Morgan fingerprint density at radius 1 is 0.850 bits per heavy atom. The molecule has 0 N–H and O–H groups in total. The molecule has 0 fully saturated rings. The molecule has 0 amide bonds. The van der Waals surface area contributed by atoms with Crippen molar-refractivity contribution in [2.75, 3.05) is 0 Å². The Morgan fingerprint density at radius 3 is 2.10 bits per heavy atom. The van der Waals surface area contributed by atoms with E-state index in [1.807, 2.05) is 36.4 Å². The molecule has 0 spiro atoms. The van der Waals surface area contributed by atoms with Crippen LogP contribution in [-0.2, 0) is 32.4 Å². The molecule has 0 nitrogen and oxygen atoms in total. The number of halogens is 3. The average molecular weight is 350 g/mol. The fourth-order valence-corrected chi connectivity index (χ4v) is 2.17. The van der Waals surface area contributed by atoms with Crippen LogP contribution in [0.25, 0.3) is 21.9 Å². The molecule has 0 bridgehead atoms. The van der Waals surface area contributed by atoms with Crippen molar-refractivity contribution in [2.45, 2.75) is 6.18 Å². The van der Waals surface area contributed by atoms with E-state index in [9.17, 15) is 13.2 Å². The van der Waals surface area contributed by atoms with E-state index in [1.54, 1.807) is 0 Å². The monoisotopic (exact) mass is 349 g/mol. The molecule has 3 rings (SSSR count). The van der Waals surface area contributed by atoms with E-state index in [0.717, 1.165) is 34.0 Å². The fourth-order valence-electron chi connectivity index (χ4n) is 2.17. The first-order valence-corrected chi connectivity index (χ1v) is 5.87. The molecule has 0 aliphatic carbocycles. The summed E-state index contributed by atoms with van der Waals surface area (Å²) < 4.78 is 37.5. The molecule has 0 heterocycles. The first kappa shape index (κ1) is 15.1. The molecule has 3 aromatic carbocycles. The molecule has 0 saturated heterocycles. The smallest absolute Gasteiger partial charge is 0.166 e. The van der Waals surface area contributed by atoms with Crippen LogP contribution in [0.15, 0.2) is 60.7 Å². The minimum atomic E-state index is -4.28. The van der Waals surface area contributed by atoms with Gasteiger partial charge in [0.05, 0.1) is 5.56 Å². The Kier molecular flexibility index (Phi) is 4.24. The van der Waals surface area contributed by atoms with Gasteiger partial charge in [-0.25, -0.2) is 0 Å². The van der Waals surface area contributed by atoms with E-state index < -0.39 is 11.7 Å². The Bertz CT molecular complexity index is 675. The summed E-state index contributed by atoms with van der Waals surface area (Å²) in [5.41, 5.74) is 1.12. The van der Waals surface area contributed by atoms with Crippen molar-refractivity contribution in [2.24, 2.45) is 0 Å². The minimum absolute atomic E-state index is 0. The molecular weight excluding hydrogens is 340 g/mol. The number of fused-ring (bicyclic) bond motifs is 1. The van der Waals surface area contributed by atoms with Gasteiger partial charge in [-0.3, -0.25) is 0 Å². The Hall–Kier alpha value is -1.28. The standard InChI is InChI=1S/C16H10F3.Zr/c17-16(18,19)15-7-5-11(6-8-15)14-9-12-3-1-2-4-13(12)10-14;/h1-10H;/q-1;. The van der Waals surface area contributed by atoms with Crippen molar-refractivity contribution in [3.8, 4) is 11.1 Å². The van der Waals surface area contributed by atoms with Gasteiger partial charge in [-0.1, -0.05) is 48.0 Å². The van der Waals surface area contributed by atoms with Crippen LogP contribution >= 0.6 is 0 Å². The van der Waals surface area contributed by atoms with E-state index in [1.165, 1.54) is 12.1 Å². The second-order valence-corrected chi connectivity index (χ2v) is 4.45. The molecule has 0 atom stereocenters. The number of benzene rings is 2. The SMILES string of the molecule is FC(F)(F)c1ccc(-c2cc3ccccc3[cH-]2)cc1.[Zr]. The zero-order chi connectivity index (χ0) is 13.5. The maximum atomic E-state index is 12.5. The van der Waals surface area contributed by atoms with Crippen molar-refractivity contribution in [3.63, 3.8) is 0 Å². The van der Waals surface area contributed by atoms with Crippen LogP contribution in [0.2, 0.25) is 0 Å². The van der Waals surface area contributed by atoms with Gasteiger partial charge in [-0.05, 0) is 0 Å². The number of rotatable bonds is 1. The molecule has 0 aliphatic heterocycles. The molecule has 0 unspecified atom stereocenters. The van der Waals surface area contributed by atoms with Gasteiger partial charge in [0.25, 0.3) is 0 Å². The number of hydrogen-bond acceptors (Lipinski definition) is 0. The second-order valence-electron chi connectivity index (χ2n) is 4.45. The van der Waals surface area contributed by atoms with Gasteiger partial charge in [-0.2, -0.15) is 13.2 Å². The van der Waals surface area contributed by atoms with E-state index in [2.05, 4.69) is 0 Å². The van der Waals surface area contributed by atoms with E-state index in [-0.39, 0.29) is 26.2 Å². The summed E-state index contributed by atoms with van der Waals surface area (Å²) in [4.78, 5) is 0. The van der Waals surface area contributed by atoms with E-state index in [4.69, 9.17) is 0 Å². The van der Waals surface area contributed by atoms with E-state index >= 15 is 0 Å². The van der Waals surface area contributed by atoms with Crippen LogP contribution in [-0.4, -0.2) is 0 Å². The molecule has 0 radical (unpaired) electrons. The largest absolute Gasteiger partial charge is 0.416 e. The van der Waals surface area contributed by atoms with Crippen molar-refractivity contribution < 1.29 is 39.4 Å². The summed E-state index contributed by atoms with van der Waals surface area (Å²) >= 11 is 0. The first-order valence-electron chi connectivity index (χ1n) is 5.87. The van der Waals surface area contributed by atoms with Gasteiger partial charge in [0.1, 0.15) is 0 Å². The fraction of sp³-hybridized carbons (Fsp3) is 0.0625. The summed E-state index contributed by atoms with van der Waals surface area (Å²) in [6.45, 7) is 0. The molecule has 20 heavy (non-hydrogen) atoms. The summed E-state index contributed by atoms with van der Waals surface area (Å²) in [5.74, 6) is 0. The molecular formula is C16H10F3Zr-. The third-order valence-electron chi connectivity index (χ3n) is 3.16. The van der Waals surface area contributed by atoms with Crippen LogP contribution < -0.4 is 0 Å². The minimum Gasteiger partial charge on any atom is -0.166 e. The molecule has 100 valence electrons. The van der Waals surface area contributed by atoms with Crippen molar-refractivity contribution in [1.82, 2.24) is 0 Å². The van der Waals surface area contributed by atoms with Gasteiger partial charge in [0.15, 0.2) is 0 Å². The average Bonchev–Trinajstić information content (AvgIpc) is 2.81. The zero-order valence-electron chi connectivity index (χ0n) is 10.4.